The van der Waals surface area contributed by atoms with Crippen molar-refractivity contribution in [2.75, 3.05) is 17.7 Å². The molecule has 1 N–H and O–H groups in total. The van der Waals surface area contributed by atoms with Gasteiger partial charge in [0.05, 0.1) is 24.7 Å². The summed E-state index contributed by atoms with van der Waals surface area (Å²) in [6.45, 7) is 0.469. The first-order chi connectivity index (χ1) is 14.8. The molecule has 1 aliphatic heterocycles. The first-order valence-corrected chi connectivity index (χ1v) is 12.5. The van der Waals surface area contributed by atoms with E-state index in [1.165, 1.54) is 10.6 Å². The lowest BCUT2D eigenvalue weighted by Gasteiger charge is -2.30. The van der Waals surface area contributed by atoms with E-state index in [1.54, 1.807) is 17.4 Å². The Kier molecular flexibility index (Phi) is 6.27. The molecule has 1 atom stereocenters. The second-order valence-corrected chi connectivity index (χ2v) is 10.5. The molecule has 0 bridgehead atoms. The van der Waals surface area contributed by atoms with E-state index in [0.717, 1.165) is 21.3 Å². The van der Waals surface area contributed by atoms with E-state index in [2.05, 4.69) is 25.9 Å². The lowest BCUT2D eigenvalue weighted by atomic mass is 10.1. The lowest BCUT2D eigenvalue weighted by molar-refractivity contribution is -0.118. The van der Waals surface area contributed by atoms with E-state index in [1.807, 2.05) is 48.5 Å². The van der Waals surface area contributed by atoms with Crippen LogP contribution in [0.5, 0.6) is 0 Å². The Bertz CT molecular complexity index is 1170. The third kappa shape index (κ3) is 5.06. The number of amides is 1. The average molecular weight is 503 g/mol. The van der Waals surface area contributed by atoms with E-state index >= 15 is 0 Å². The summed E-state index contributed by atoms with van der Waals surface area (Å²) < 4.78 is 27.9. The van der Waals surface area contributed by atoms with Gasteiger partial charge in [0.25, 0.3) is 0 Å². The summed E-state index contributed by atoms with van der Waals surface area (Å²) in [5.41, 5.74) is 3.18. The lowest BCUT2D eigenvalue weighted by Crippen LogP contribution is -2.47. The summed E-state index contributed by atoms with van der Waals surface area (Å²) in [6.07, 6.45) is 5.11. The highest BCUT2D eigenvalue weighted by molar-refractivity contribution is 9.10. The van der Waals surface area contributed by atoms with Crippen molar-refractivity contribution < 1.29 is 13.2 Å². The fourth-order valence-corrected chi connectivity index (χ4v) is 5.42. The smallest absolute Gasteiger partial charge is 0.233 e. The molecule has 9 heteroatoms. The molecule has 0 fully saturated rings. The maximum atomic E-state index is 13.3. The summed E-state index contributed by atoms with van der Waals surface area (Å²) in [5, 5.41) is 0. The van der Waals surface area contributed by atoms with Gasteiger partial charge < -0.3 is 9.88 Å². The molecule has 0 radical (unpaired) electrons. The number of hydrogen-bond donors (Lipinski definition) is 1. The number of hydrogen-bond acceptors (Lipinski definition) is 4. The summed E-state index contributed by atoms with van der Waals surface area (Å²) in [7, 11) is -3.51. The highest BCUT2D eigenvalue weighted by Crippen LogP contribution is 2.32. The molecule has 0 aliphatic carbocycles. The number of rotatable bonds is 5. The van der Waals surface area contributed by atoms with Gasteiger partial charge in [-0.1, -0.05) is 46.3 Å². The molecule has 0 saturated heterocycles. The maximum Gasteiger partial charge on any atom is 0.233 e. The number of nitrogens with zero attached hydrogens (tertiary/aromatic N) is 3. The van der Waals surface area contributed by atoms with Crippen LogP contribution >= 0.6 is 15.9 Å². The average Bonchev–Trinajstić information content (AvgIpc) is 3.17. The van der Waals surface area contributed by atoms with Crippen LogP contribution in [-0.2, 0) is 34.2 Å². The van der Waals surface area contributed by atoms with E-state index in [-0.39, 0.29) is 25.4 Å². The Morgan fingerprint density at radius 3 is 2.68 bits per heavy atom. The largest absolute Gasteiger partial charge is 0.351 e. The van der Waals surface area contributed by atoms with Gasteiger partial charge in [0.1, 0.15) is 0 Å². The fourth-order valence-electron chi connectivity index (χ4n) is 3.96. The van der Waals surface area contributed by atoms with Gasteiger partial charge in [-0.3, -0.25) is 4.79 Å². The second-order valence-electron chi connectivity index (χ2n) is 7.67. The van der Waals surface area contributed by atoms with Gasteiger partial charge in [0, 0.05) is 35.5 Å². The van der Waals surface area contributed by atoms with E-state index in [0.29, 0.717) is 12.1 Å². The van der Waals surface area contributed by atoms with Crippen LogP contribution in [0.25, 0.3) is 0 Å². The van der Waals surface area contributed by atoms with Crippen LogP contribution in [0, 0.1) is 0 Å². The van der Waals surface area contributed by atoms with Crippen molar-refractivity contribution in [2.24, 2.45) is 0 Å². The van der Waals surface area contributed by atoms with E-state index in [4.69, 9.17) is 0 Å². The molecule has 0 spiro atoms. The summed E-state index contributed by atoms with van der Waals surface area (Å²) in [5.74, 6) is -0.121. The van der Waals surface area contributed by atoms with Crippen molar-refractivity contribution in [3.63, 3.8) is 0 Å². The van der Waals surface area contributed by atoms with Crippen molar-refractivity contribution in [2.45, 2.75) is 25.4 Å². The number of fused-ring (bicyclic) bond motifs is 1. The van der Waals surface area contributed by atoms with Gasteiger partial charge in [-0.25, -0.2) is 13.4 Å². The zero-order valence-electron chi connectivity index (χ0n) is 17.0. The Morgan fingerprint density at radius 1 is 1.23 bits per heavy atom. The first kappa shape index (κ1) is 21.7. The minimum absolute atomic E-state index is 0.121. The number of sulfonamides is 1. The van der Waals surface area contributed by atoms with Gasteiger partial charge in [0.2, 0.25) is 15.9 Å². The van der Waals surface area contributed by atoms with Crippen LogP contribution in [0.4, 0.5) is 5.69 Å². The molecule has 162 valence electrons. The van der Waals surface area contributed by atoms with E-state index in [9.17, 15) is 13.2 Å². The molecule has 0 unspecified atom stereocenters. The normalized spacial score (nSPS) is 17.2. The first-order valence-electron chi connectivity index (χ1n) is 9.88. The topological polar surface area (TPSA) is 86.4 Å². The van der Waals surface area contributed by atoms with Gasteiger partial charge in [-0.05, 0) is 35.7 Å². The zero-order chi connectivity index (χ0) is 22.0. The number of nitrogens with one attached hydrogen (secondary N) is 1. The highest BCUT2D eigenvalue weighted by Gasteiger charge is 2.35. The molecule has 3 aromatic rings. The molecule has 1 amide bonds. The van der Waals surface area contributed by atoms with Crippen molar-refractivity contribution in [3.05, 3.63) is 82.3 Å². The molecule has 2 aromatic carbocycles. The zero-order valence-corrected chi connectivity index (χ0v) is 19.4. The third-order valence-corrected chi connectivity index (χ3v) is 7.16. The number of H-pyrrole nitrogens is 1. The SMILES string of the molecule is CS(=O)(=O)N1Cc2cc(Br)ccc2N(C(=O)Cc2c[nH]cn2)C[C@H]1Cc1ccccc1. The number of carbonyl (C=O) groups excluding carboxylic acids is 1. The van der Waals surface area contributed by atoms with Crippen LogP contribution in [0.3, 0.4) is 0 Å². The fraction of sp³-hybridized carbons (Fsp3) is 0.273. The quantitative estimate of drug-likeness (QED) is 0.580. The van der Waals surface area contributed by atoms with Crippen molar-refractivity contribution >= 4 is 37.5 Å². The predicted molar refractivity (Wildman–Crippen MR) is 123 cm³/mol. The van der Waals surface area contributed by atoms with Crippen LogP contribution in [-0.4, -0.2) is 47.4 Å². The number of halogens is 1. The molecule has 7 nitrogen and oxygen atoms in total. The second kappa shape index (κ2) is 8.94. The maximum absolute atomic E-state index is 13.3. The number of imidazole rings is 1. The van der Waals surface area contributed by atoms with Crippen molar-refractivity contribution in [3.8, 4) is 0 Å². The highest BCUT2D eigenvalue weighted by atomic mass is 79.9. The van der Waals surface area contributed by atoms with Crippen molar-refractivity contribution in [1.29, 1.82) is 0 Å². The Balaban J connectivity index is 1.75. The minimum Gasteiger partial charge on any atom is -0.351 e. The predicted octanol–water partition coefficient (Wildman–Crippen LogP) is 3.13. The number of aromatic amines is 1. The number of aromatic nitrogens is 2. The number of anilines is 1. The monoisotopic (exact) mass is 502 g/mol. The van der Waals surface area contributed by atoms with Gasteiger partial charge in [-0.2, -0.15) is 4.31 Å². The Hall–Kier alpha value is -2.49. The summed E-state index contributed by atoms with van der Waals surface area (Å²) in [4.78, 5) is 22.1. The van der Waals surface area contributed by atoms with E-state index < -0.39 is 16.1 Å². The van der Waals surface area contributed by atoms with Crippen LogP contribution in [0.2, 0.25) is 0 Å². The number of benzene rings is 2. The molecule has 31 heavy (non-hydrogen) atoms. The standard InChI is InChI=1S/C22H23BrN4O3S/c1-31(29,30)27-13-17-10-18(23)7-8-21(17)26(22(28)11-19-12-24-15-25-19)14-20(27)9-16-5-3-2-4-6-16/h2-8,10,12,15,20H,9,11,13-14H2,1H3,(H,24,25)/t20-/m1/s1. The van der Waals surface area contributed by atoms with Crippen LogP contribution < -0.4 is 4.90 Å². The molecule has 0 saturated carbocycles. The molecule has 1 aliphatic rings. The molecular formula is C22H23BrN4O3S. The Morgan fingerprint density at radius 2 is 2.00 bits per heavy atom. The van der Waals surface area contributed by atoms with Gasteiger partial charge in [-0.15, -0.1) is 0 Å². The molecule has 4 rings (SSSR count). The molecule has 2 heterocycles. The van der Waals surface area contributed by atoms with Crippen LogP contribution in [0.15, 0.2) is 65.5 Å². The van der Waals surface area contributed by atoms with Gasteiger partial charge >= 0.3 is 0 Å². The summed E-state index contributed by atoms with van der Waals surface area (Å²) in [6, 6.07) is 15.0. The third-order valence-electron chi connectivity index (χ3n) is 5.39. The van der Waals surface area contributed by atoms with Gasteiger partial charge in [0.15, 0.2) is 0 Å². The Labute approximate surface area is 190 Å². The van der Waals surface area contributed by atoms with Crippen molar-refractivity contribution in [1.82, 2.24) is 14.3 Å². The number of carbonyl (C=O) groups is 1. The summed E-state index contributed by atoms with van der Waals surface area (Å²) >= 11 is 3.48. The molecular weight excluding hydrogens is 480 g/mol. The molecule has 1 aromatic heterocycles. The minimum atomic E-state index is -3.51. The van der Waals surface area contributed by atoms with Crippen LogP contribution in [0.1, 0.15) is 16.8 Å².